The first-order chi connectivity index (χ1) is 6.37. The van der Waals surface area contributed by atoms with Gasteiger partial charge in [-0.15, -0.1) is 6.58 Å². The lowest BCUT2D eigenvalue weighted by Crippen LogP contribution is -2.50. The second-order valence-corrected chi connectivity index (χ2v) is 6.00. The molecule has 82 valence electrons. The summed E-state index contributed by atoms with van der Waals surface area (Å²) in [5.74, 6) is 0. The van der Waals surface area contributed by atoms with E-state index in [1.807, 2.05) is 0 Å². The van der Waals surface area contributed by atoms with Crippen molar-refractivity contribution in [3.63, 3.8) is 0 Å². The van der Waals surface area contributed by atoms with Crippen LogP contribution in [0.4, 0.5) is 0 Å². The lowest BCUT2D eigenvalue weighted by atomic mass is 9.78. The fourth-order valence-corrected chi connectivity index (χ4v) is 2.40. The summed E-state index contributed by atoms with van der Waals surface area (Å²) in [6, 6.07) is 0. The number of nitrogens with zero attached hydrogens (tertiary/aromatic N) is 1. The van der Waals surface area contributed by atoms with Crippen molar-refractivity contribution >= 4 is 0 Å². The maximum absolute atomic E-state index is 3.87. The van der Waals surface area contributed by atoms with E-state index in [-0.39, 0.29) is 0 Å². The van der Waals surface area contributed by atoms with Gasteiger partial charge in [0.15, 0.2) is 0 Å². The molecular formula is C13H25N. The smallest absolute Gasteiger partial charge is 0.0125 e. The van der Waals surface area contributed by atoms with Gasteiger partial charge in [-0.3, -0.25) is 4.90 Å². The summed E-state index contributed by atoms with van der Waals surface area (Å²) in [7, 11) is 0. The summed E-state index contributed by atoms with van der Waals surface area (Å²) in [5.41, 5.74) is 0.788. The zero-order valence-electron chi connectivity index (χ0n) is 10.3. The molecule has 1 aliphatic rings. The number of allylic oxidation sites excluding steroid dienone is 1. The van der Waals surface area contributed by atoms with E-state index in [9.17, 15) is 0 Å². The van der Waals surface area contributed by atoms with Crippen molar-refractivity contribution in [3.8, 4) is 0 Å². The summed E-state index contributed by atoms with van der Waals surface area (Å²) in [4.78, 5) is 2.61. The van der Waals surface area contributed by atoms with E-state index in [4.69, 9.17) is 0 Å². The second-order valence-electron chi connectivity index (χ2n) is 6.00. The highest BCUT2D eigenvalue weighted by Gasteiger charge is 2.34. The standard InChI is InChI=1S/C13H25N/c1-6-8-13(5)9-7-10-14(11-13)12(2,3)4/h6H,1,7-11H2,2-5H3. The quantitative estimate of drug-likeness (QED) is 0.610. The molecule has 0 aromatic heterocycles. The predicted molar refractivity (Wildman–Crippen MR) is 63.5 cm³/mol. The van der Waals surface area contributed by atoms with Crippen molar-refractivity contribution in [2.24, 2.45) is 5.41 Å². The molecule has 1 nitrogen and oxygen atoms in total. The third kappa shape index (κ3) is 2.84. The highest BCUT2D eigenvalue weighted by molar-refractivity contribution is 4.92. The first kappa shape index (κ1) is 11.8. The van der Waals surface area contributed by atoms with Crippen LogP contribution in [0, 0.1) is 5.41 Å². The van der Waals surface area contributed by atoms with Gasteiger partial charge in [0.05, 0.1) is 0 Å². The minimum absolute atomic E-state index is 0.322. The summed E-state index contributed by atoms with van der Waals surface area (Å²) >= 11 is 0. The number of piperidine rings is 1. The predicted octanol–water partition coefficient (Wildman–Crippen LogP) is 3.46. The zero-order chi connectivity index (χ0) is 10.8. The average molecular weight is 195 g/mol. The Hall–Kier alpha value is -0.300. The molecule has 0 aromatic rings. The molecule has 14 heavy (non-hydrogen) atoms. The number of hydrogen-bond acceptors (Lipinski definition) is 1. The van der Waals surface area contributed by atoms with E-state index in [0.29, 0.717) is 11.0 Å². The number of hydrogen-bond donors (Lipinski definition) is 0. The molecule has 0 bridgehead atoms. The highest BCUT2D eigenvalue weighted by atomic mass is 15.2. The van der Waals surface area contributed by atoms with Crippen LogP contribution in [-0.2, 0) is 0 Å². The largest absolute Gasteiger partial charge is 0.298 e. The lowest BCUT2D eigenvalue weighted by Gasteiger charge is -2.46. The fraction of sp³-hybridized carbons (Fsp3) is 0.846. The second kappa shape index (κ2) is 4.06. The molecule has 1 heteroatoms. The van der Waals surface area contributed by atoms with Gasteiger partial charge < -0.3 is 0 Å². The lowest BCUT2D eigenvalue weighted by molar-refractivity contribution is 0.0360. The van der Waals surface area contributed by atoms with E-state index in [1.165, 1.54) is 25.9 Å². The summed E-state index contributed by atoms with van der Waals surface area (Å²) < 4.78 is 0. The normalized spacial score (nSPS) is 30.3. The Morgan fingerprint density at radius 3 is 2.57 bits per heavy atom. The Balaban J connectivity index is 2.64. The van der Waals surface area contributed by atoms with E-state index in [2.05, 4.69) is 45.2 Å². The van der Waals surface area contributed by atoms with Crippen LogP contribution in [0.3, 0.4) is 0 Å². The van der Waals surface area contributed by atoms with Crippen LogP contribution in [0.1, 0.15) is 47.0 Å². The van der Waals surface area contributed by atoms with Crippen molar-refractivity contribution in [2.45, 2.75) is 52.5 Å². The van der Waals surface area contributed by atoms with Crippen LogP contribution in [0.15, 0.2) is 12.7 Å². The van der Waals surface area contributed by atoms with Crippen molar-refractivity contribution < 1.29 is 0 Å². The molecule has 0 spiro atoms. The molecule has 0 N–H and O–H groups in total. The molecule has 1 atom stereocenters. The van der Waals surface area contributed by atoms with Crippen LogP contribution in [0.2, 0.25) is 0 Å². The molecule has 1 fully saturated rings. The number of rotatable bonds is 2. The third-order valence-electron chi connectivity index (χ3n) is 3.37. The third-order valence-corrected chi connectivity index (χ3v) is 3.37. The van der Waals surface area contributed by atoms with Gasteiger partial charge in [0.1, 0.15) is 0 Å². The molecule has 1 heterocycles. The van der Waals surface area contributed by atoms with Crippen LogP contribution in [0.5, 0.6) is 0 Å². The molecule has 0 saturated carbocycles. The summed E-state index contributed by atoms with van der Waals surface area (Å²) in [6.45, 7) is 15.7. The highest BCUT2D eigenvalue weighted by Crippen LogP contribution is 2.35. The molecule has 1 rings (SSSR count). The molecule has 0 amide bonds. The fourth-order valence-electron chi connectivity index (χ4n) is 2.40. The topological polar surface area (TPSA) is 3.24 Å². The van der Waals surface area contributed by atoms with Crippen LogP contribution >= 0.6 is 0 Å². The maximum Gasteiger partial charge on any atom is 0.0125 e. The van der Waals surface area contributed by atoms with Gasteiger partial charge in [-0.25, -0.2) is 0 Å². The van der Waals surface area contributed by atoms with Gasteiger partial charge in [0, 0.05) is 12.1 Å². The molecule has 0 radical (unpaired) electrons. The number of likely N-dealkylation sites (tertiary alicyclic amines) is 1. The summed E-state index contributed by atoms with van der Waals surface area (Å²) in [6.07, 6.45) is 5.92. The van der Waals surface area contributed by atoms with Crippen molar-refractivity contribution in [1.29, 1.82) is 0 Å². The minimum atomic E-state index is 0.322. The van der Waals surface area contributed by atoms with Gasteiger partial charge in [0.2, 0.25) is 0 Å². The van der Waals surface area contributed by atoms with Crippen molar-refractivity contribution in [3.05, 3.63) is 12.7 Å². The Labute approximate surface area is 89.2 Å². The van der Waals surface area contributed by atoms with Gasteiger partial charge in [-0.2, -0.15) is 0 Å². The average Bonchev–Trinajstić information content (AvgIpc) is 2.02. The minimum Gasteiger partial charge on any atom is -0.298 e. The first-order valence-electron chi connectivity index (χ1n) is 5.73. The molecule has 1 aliphatic heterocycles. The first-order valence-corrected chi connectivity index (χ1v) is 5.73. The van der Waals surface area contributed by atoms with Crippen LogP contribution < -0.4 is 0 Å². The van der Waals surface area contributed by atoms with Gasteiger partial charge in [0.25, 0.3) is 0 Å². The molecule has 1 saturated heterocycles. The summed E-state index contributed by atoms with van der Waals surface area (Å²) in [5, 5.41) is 0. The van der Waals surface area contributed by atoms with E-state index in [0.717, 1.165) is 6.42 Å². The SMILES string of the molecule is C=CCC1(C)CCCN(C(C)(C)C)C1. The van der Waals surface area contributed by atoms with Gasteiger partial charge in [-0.1, -0.05) is 13.0 Å². The Bertz CT molecular complexity index is 202. The maximum atomic E-state index is 3.87. The van der Waals surface area contributed by atoms with Gasteiger partial charge in [-0.05, 0) is 52.0 Å². The van der Waals surface area contributed by atoms with Crippen molar-refractivity contribution in [1.82, 2.24) is 4.90 Å². The Kier molecular flexibility index (Phi) is 3.41. The van der Waals surface area contributed by atoms with Gasteiger partial charge >= 0.3 is 0 Å². The monoisotopic (exact) mass is 195 g/mol. The molecule has 0 aliphatic carbocycles. The molecule has 1 unspecified atom stereocenters. The molecule has 0 aromatic carbocycles. The van der Waals surface area contributed by atoms with E-state index >= 15 is 0 Å². The van der Waals surface area contributed by atoms with E-state index in [1.54, 1.807) is 0 Å². The molecular weight excluding hydrogens is 170 g/mol. The van der Waals surface area contributed by atoms with Crippen LogP contribution in [0.25, 0.3) is 0 Å². The van der Waals surface area contributed by atoms with Crippen LogP contribution in [-0.4, -0.2) is 23.5 Å². The Morgan fingerprint density at radius 2 is 2.07 bits per heavy atom. The van der Waals surface area contributed by atoms with E-state index < -0.39 is 0 Å². The Morgan fingerprint density at radius 1 is 1.43 bits per heavy atom. The zero-order valence-corrected chi connectivity index (χ0v) is 10.3. The van der Waals surface area contributed by atoms with Crippen molar-refractivity contribution in [2.75, 3.05) is 13.1 Å².